The molecule has 1 saturated heterocycles. The molecule has 0 amide bonds. The van der Waals surface area contributed by atoms with Gasteiger partial charge in [0.2, 0.25) is 0 Å². The average molecular weight is 223 g/mol. The van der Waals surface area contributed by atoms with Crippen molar-refractivity contribution < 1.29 is 4.21 Å². The van der Waals surface area contributed by atoms with Crippen LogP contribution in [0.3, 0.4) is 0 Å². The fourth-order valence-electron chi connectivity index (χ4n) is 1.93. The van der Waals surface area contributed by atoms with Crippen LogP contribution in [0, 0.1) is 6.92 Å². The zero-order chi connectivity index (χ0) is 10.8. The highest BCUT2D eigenvalue weighted by atomic mass is 32.2. The van der Waals surface area contributed by atoms with Gasteiger partial charge in [0.05, 0.1) is 16.0 Å². The number of benzene rings is 1. The summed E-state index contributed by atoms with van der Waals surface area (Å²) in [6, 6.07) is 8.05. The van der Waals surface area contributed by atoms with Crippen LogP contribution in [0.15, 0.2) is 29.2 Å². The van der Waals surface area contributed by atoms with Crippen molar-refractivity contribution >= 4 is 10.8 Å². The van der Waals surface area contributed by atoms with Gasteiger partial charge >= 0.3 is 0 Å². The van der Waals surface area contributed by atoms with Crippen LogP contribution in [0.4, 0.5) is 0 Å². The summed E-state index contributed by atoms with van der Waals surface area (Å²) in [7, 11) is 1.26. The third kappa shape index (κ3) is 2.47. The average Bonchev–Trinajstić information content (AvgIpc) is 2.65. The molecule has 0 radical (unpaired) electrons. The van der Waals surface area contributed by atoms with Crippen LogP contribution in [0.25, 0.3) is 0 Å². The smallest absolute Gasteiger partial charge is 0.0574 e. The summed E-state index contributed by atoms with van der Waals surface area (Å²) in [5, 5.41) is 0.317. The van der Waals surface area contributed by atoms with E-state index in [0.29, 0.717) is 5.25 Å². The number of likely N-dealkylation sites (tertiary alicyclic amines) is 1. The Kier molecular flexibility index (Phi) is 3.22. The van der Waals surface area contributed by atoms with Crippen LogP contribution >= 0.6 is 0 Å². The lowest BCUT2D eigenvalue weighted by molar-refractivity contribution is 0.418. The zero-order valence-corrected chi connectivity index (χ0v) is 10.1. The highest BCUT2D eigenvalue weighted by molar-refractivity contribution is 7.85. The minimum Gasteiger partial charge on any atom is -0.305 e. The van der Waals surface area contributed by atoms with Crippen molar-refractivity contribution in [1.29, 1.82) is 0 Å². The SMILES string of the molecule is Cc1ccc(S(=O)C2CCN(C)C2)cc1. The van der Waals surface area contributed by atoms with E-state index in [4.69, 9.17) is 0 Å². The Hall–Kier alpha value is -0.670. The summed E-state index contributed by atoms with van der Waals surface area (Å²) in [6.45, 7) is 4.08. The molecule has 0 saturated carbocycles. The summed E-state index contributed by atoms with van der Waals surface area (Å²) in [5.41, 5.74) is 1.22. The topological polar surface area (TPSA) is 20.3 Å². The molecule has 1 aromatic carbocycles. The second-order valence-corrected chi connectivity index (χ2v) is 6.02. The normalized spacial score (nSPS) is 24.3. The Morgan fingerprint density at radius 1 is 1.33 bits per heavy atom. The van der Waals surface area contributed by atoms with Gasteiger partial charge in [-0.3, -0.25) is 4.21 Å². The van der Waals surface area contributed by atoms with Crippen LogP contribution in [0.5, 0.6) is 0 Å². The summed E-state index contributed by atoms with van der Waals surface area (Å²) in [4.78, 5) is 3.22. The lowest BCUT2D eigenvalue weighted by Gasteiger charge is -2.10. The van der Waals surface area contributed by atoms with Crippen molar-refractivity contribution in [2.75, 3.05) is 20.1 Å². The van der Waals surface area contributed by atoms with E-state index in [-0.39, 0.29) is 0 Å². The standard InChI is InChI=1S/C12H17NOS/c1-10-3-5-11(6-4-10)15(14)12-7-8-13(2)9-12/h3-6,12H,7-9H2,1-2H3. The molecular weight excluding hydrogens is 206 g/mol. The summed E-state index contributed by atoms with van der Waals surface area (Å²) in [6.07, 6.45) is 1.05. The summed E-state index contributed by atoms with van der Waals surface area (Å²) >= 11 is 0. The molecule has 0 N–H and O–H groups in total. The van der Waals surface area contributed by atoms with Gasteiger partial charge in [0.1, 0.15) is 0 Å². The van der Waals surface area contributed by atoms with Crippen molar-refractivity contribution in [3.05, 3.63) is 29.8 Å². The molecule has 0 spiro atoms. The van der Waals surface area contributed by atoms with Crippen LogP contribution < -0.4 is 0 Å². The van der Waals surface area contributed by atoms with Crippen LogP contribution in [0.1, 0.15) is 12.0 Å². The molecule has 15 heavy (non-hydrogen) atoms. The number of nitrogens with zero attached hydrogens (tertiary/aromatic N) is 1. The van der Waals surface area contributed by atoms with E-state index in [2.05, 4.69) is 18.9 Å². The van der Waals surface area contributed by atoms with E-state index >= 15 is 0 Å². The minimum atomic E-state index is -0.829. The summed E-state index contributed by atoms with van der Waals surface area (Å²) in [5.74, 6) is 0. The molecule has 2 nitrogen and oxygen atoms in total. The molecule has 2 rings (SSSR count). The van der Waals surface area contributed by atoms with Crippen molar-refractivity contribution in [3.8, 4) is 0 Å². The van der Waals surface area contributed by atoms with Gasteiger partial charge in [0.15, 0.2) is 0 Å². The van der Waals surface area contributed by atoms with E-state index in [0.717, 1.165) is 24.4 Å². The number of rotatable bonds is 2. The molecule has 1 fully saturated rings. The van der Waals surface area contributed by atoms with E-state index in [1.807, 2.05) is 24.3 Å². The second kappa shape index (κ2) is 4.45. The first-order valence-corrected chi connectivity index (χ1v) is 6.54. The molecule has 1 aliphatic rings. The molecule has 0 aliphatic carbocycles. The lowest BCUT2D eigenvalue weighted by Crippen LogP contribution is -2.20. The Morgan fingerprint density at radius 3 is 2.53 bits per heavy atom. The van der Waals surface area contributed by atoms with Gasteiger partial charge < -0.3 is 4.90 Å². The maximum atomic E-state index is 12.2. The predicted molar refractivity (Wildman–Crippen MR) is 63.5 cm³/mol. The van der Waals surface area contributed by atoms with Gasteiger partial charge in [-0.05, 0) is 39.1 Å². The molecule has 2 unspecified atom stereocenters. The van der Waals surface area contributed by atoms with Gasteiger partial charge in [0, 0.05) is 11.4 Å². The monoisotopic (exact) mass is 223 g/mol. The van der Waals surface area contributed by atoms with E-state index < -0.39 is 10.8 Å². The highest BCUT2D eigenvalue weighted by Gasteiger charge is 2.25. The van der Waals surface area contributed by atoms with Crippen molar-refractivity contribution in [1.82, 2.24) is 4.90 Å². The fourth-order valence-corrected chi connectivity index (χ4v) is 3.43. The minimum absolute atomic E-state index is 0.317. The number of aryl methyl sites for hydroxylation is 1. The molecule has 2 atom stereocenters. The molecule has 82 valence electrons. The largest absolute Gasteiger partial charge is 0.305 e. The van der Waals surface area contributed by atoms with E-state index in [9.17, 15) is 4.21 Å². The first-order chi connectivity index (χ1) is 7.16. The Bertz CT molecular complexity index is 360. The number of hydrogen-bond acceptors (Lipinski definition) is 2. The third-order valence-corrected chi connectivity index (χ3v) is 4.63. The molecule has 1 aromatic rings. The van der Waals surface area contributed by atoms with E-state index in [1.54, 1.807) is 0 Å². The number of hydrogen-bond donors (Lipinski definition) is 0. The highest BCUT2D eigenvalue weighted by Crippen LogP contribution is 2.19. The molecular formula is C12H17NOS. The fraction of sp³-hybridized carbons (Fsp3) is 0.500. The molecule has 1 heterocycles. The first kappa shape index (κ1) is 10.8. The van der Waals surface area contributed by atoms with Crippen molar-refractivity contribution in [2.45, 2.75) is 23.5 Å². The van der Waals surface area contributed by atoms with Gasteiger partial charge in [-0.15, -0.1) is 0 Å². The van der Waals surface area contributed by atoms with Crippen molar-refractivity contribution in [3.63, 3.8) is 0 Å². The molecule has 3 heteroatoms. The van der Waals surface area contributed by atoms with Gasteiger partial charge in [0.25, 0.3) is 0 Å². The van der Waals surface area contributed by atoms with Crippen molar-refractivity contribution in [2.24, 2.45) is 0 Å². The first-order valence-electron chi connectivity index (χ1n) is 5.32. The lowest BCUT2D eigenvalue weighted by atomic mass is 10.2. The van der Waals surface area contributed by atoms with Gasteiger partial charge in [-0.1, -0.05) is 17.7 Å². The van der Waals surface area contributed by atoms with Crippen LogP contribution in [-0.4, -0.2) is 34.5 Å². The van der Waals surface area contributed by atoms with Gasteiger partial charge in [-0.25, -0.2) is 0 Å². The molecule has 0 aromatic heterocycles. The maximum absolute atomic E-state index is 12.2. The Morgan fingerprint density at radius 2 is 2.00 bits per heavy atom. The summed E-state index contributed by atoms with van der Waals surface area (Å²) < 4.78 is 12.2. The predicted octanol–water partition coefficient (Wildman–Crippen LogP) is 1.81. The molecule has 0 bridgehead atoms. The van der Waals surface area contributed by atoms with Crippen LogP contribution in [-0.2, 0) is 10.8 Å². The Labute approximate surface area is 93.7 Å². The maximum Gasteiger partial charge on any atom is 0.0574 e. The molecule has 1 aliphatic heterocycles. The van der Waals surface area contributed by atoms with Gasteiger partial charge in [-0.2, -0.15) is 0 Å². The quantitative estimate of drug-likeness (QED) is 0.762. The Balaban J connectivity index is 2.11. The third-order valence-electron chi connectivity index (χ3n) is 2.90. The zero-order valence-electron chi connectivity index (χ0n) is 9.27. The second-order valence-electron chi connectivity index (χ2n) is 4.28. The van der Waals surface area contributed by atoms with E-state index in [1.165, 1.54) is 5.56 Å². The van der Waals surface area contributed by atoms with Crippen LogP contribution in [0.2, 0.25) is 0 Å².